The van der Waals surface area contributed by atoms with Crippen LogP contribution in [0.5, 0.6) is 0 Å². The molecule has 22 heavy (non-hydrogen) atoms. The second-order valence-electron chi connectivity index (χ2n) is 4.86. The van der Waals surface area contributed by atoms with E-state index < -0.39 is 0 Å². The van der Waals surface area contributed by atoms with E-state index in [0.29, 0.717) is 31.5 Å². The molecule has 0 saturated heterocycles. The number of ether oxygens (including phenoxy) is 1. The maximum Gasteiger partial charge on any atom is 0.226 e. The normalized spacial score (nSPS) is 11.5. The fraction of sp³-hybridized carbons (Fsp3) is 0.375. The van der Waals surface area contributed by atoms with Crippen LogP contribution in [0.25, 0.3) is 11.5 Å². The van der Waals surface area contributed by atoms with Crippen LogP contribution in [0.15, 0.2) is 39.9 Å². The highest BCUT2D eigenvalue weighted by Crippen LogP contribution is 2.18. The van der Waals surface area contributed by atoms with Crippen molar-refractivity contribution < 1.29 is 9.15 Å². The van der Waals surface area contributed by atoms with Gasteiger partial charge in [0.05, 0.1) is 18.8 Å². The highest BCUT2D eigenvalue weighted by Gasteiger charge is 2.07. The summed E-state index contributed by atoms with van der Waals surface area (Å²) in [6.07, 6.45) is 1.66. The number of oxazole rings is 1. The predicted molar refractivity (Wildman–Crippen MR) is 86.8 cm³/mol. The molecule has 0 aliphatic rings. The maximum atomic E-state index is 5.52. The topological polar surface area (TPSA) is 71.7 Å². The Morgan fingerprint density at radius 1 is 1.27 bits per heavy atom. The SMILES string of the molecule is CN=C(NCCOC)NCc1coc(-c2ccc(C)cc2)n1. The first-order valence-electron chi connectivity index (χ1n) is 7.18. The van der Waals surface area contributed by atoms with Crippen LogP contribution in [0.1, 0.15) is 11.3 Å². The van der Waals surface area contributed by atoms with Crippen LogP contribution in [0.4, 0.5) is 0 Å². The van der Waals surface area contributed by atoms with Gasteiger partial charge in [-0.1, -0.05) is 17.7 Å². The lowest BCUT2D eigenvalue weighted by atomic mass is 10.1. The lowest BCUT2D eigenvalue weighted by Crippen LogP contribution is -2.38. The third kappa shape index (κ3) is 4.60. The van der Waals surface area contributed by atoms with Crippen molar-refractivity contribution in [2.75, 3.05) is 27.3 Å². The van der Waals surface area contributed by atoms with Gasteiger partial charge in [-0.25, -0.2) is 4.98 Å². The highest BCUT2D eigenvalue weighted by molar-refractivity contribution is 5.79. The van der Waals surface area contributed by atoms with Gasteiger partial charge in [0.25, 0.3) is 0 Å². The molecule has 0 aliphatic heterocycles. The van der Waals surface area contributed by atoms with E-state index in [-0.39, 0.29) is 0 Å². The van der Waals surface area contributed by atoms with Crippen LogP contribution in [0, 0.1) is 6.92 Å². The quantitative estimate of drug-likeness (QED) is 0.485. The molecule has 2 rings (SSSR count). The van der Waals surface area contributed by atoms with Gasteiger partial charge in [-0.2, -0.15) is 0 Å². The number of rotatable bonds is 6. The zero-order valence-electron chi connectivity index (χ0n) is 13.2. The average Bonchev–Trinajstić information content (AvgIpc) is 3.00. The van der Waals surface area contributed by atoms with Crippen LogP contribution < -0.4 is 10.6 Å². The average molecular weight is 302 g/mol. The molecule has 0 fully saturated rings. The number of aromatic nitrogens is 1. The molecule has 1 aromatic carbocycles. The molecule has 0 radical (unpaired) electrons. The standard InChI is InChI=1S/C16H22N4O2/c1-12-4-6-13(7-5-12)15-20-14(11-22-15)10-19-16(17-2)18-8-9-21-3/h4-7,11H,8-10H2,1-3H3,(H2,17,18,19). The first-order valence-corrected chi connectivity index (χ1v) is 7.18. The molecule has 0 unspecified atom stereocenters. The van der Waals surface area contributed by atoms with Crippen molar-refractivity contribution in [1.29, 1.82) is 0 Å². The summed E-state index contributed by atoms with van der Waals surface area (Å²) in [7, 11) is 3.39. The van der Waals surface area contributed by atoms with Crippen LogP contribution >= 0.6 is 0 Å². The van der Waals surface area contributed by atoms with E-state index in [1.54, 1.807) is 20.4 Å². The van der Waals surface area contributed by atoms with Crippen molar-refractivity contribution in [1.82, 2.24) is 15.6 Å². The lowest BCUT2D eigenvalue weighted by molar-refractivity contribution is 0.203. The smallest absolute Gasteiger partial charge is 0.226 e. The summed E-state index contributed by atoms with van der Waals surface area (Å²) in [6, 6.07) is 8.09. The second-order valence-corrected chi connectivity index (χ2v) is 4.86. The molecule has 0 atom stereocenters. The summed E-state index contributed by atoms with van der Waals surface area (Å²) >= 11 is 0. The van der Waals surface area contributed by atoms with Crippen molar-refractivity contribution in [2.45, 2.75) is 13.5 Å². The summed E-state index contributed by atoms with van der Waals surface area (Å²) in [5.74, 6) is 1.33. The molecule has 0 amide bonds. The van der Waals surface area contributed by atoms with E-state index in [1.165, 1.54) is 5.56 Å². The number of hydrogen-bond acceptors (Lipinski definition) is 4. The molecule has 0 bridgehead atoms. The van der Waals surface area contributed by atoms with Gasteiger partial charge in [0, 0.05) is 26.3 Å². The number of hydrogen-bond donors (Lipinski definition) is 2. The van der Waals surface area contributed by atoms with E-state index in [9.17, 15) is 0 Å². The van der Waals surface area contributed by atoms with Gasteiger partial charge in [0.15, 0.2) is 5.96 Å². The van der Waals surface area contributed by atoms with Gasteiger partial charge in [0.2, 0.25) is 5.89 Å². The van der Waals surface area contributed by atoms with E-state index in [2.05, 4.69) is 27.5 Å². The Kier molecular flexibility index (Phi) is 5.97. The van der Waals surface area contributed by atoms with E-state index in [0.717, 1.165) is 11.3 Å². The van der Waals surface area contributed by atoms with Crippen LogP contribution in [-0.2, 0) is 11.3 Å². The van der Waals surface area contributed by atoms with Gasteiger partial charge >= 0.3 is 0 Å². The molecule has 0 spiro atoms. The molecule has 118 valence electrons. The first kappa shape index (κ1) is 16.0. The Bertz CT molecular complexity index is 605. The number of guanidine groups is 1. The third-order valence-corrected chi connectivity index (χ3v) is 3.11. The molecule has 1 heterocycles. The summed E-state index contributed by atoms with van der Waals surface area (Å²) < 4.78 is 10.5. The van der Waals surface area contributed by atoms with Gasteiger partial charge in [-0.3, -0.25) is 4.99 Å². The molecule has 6 heteroatoms. The highest BCUT2D eigenvalue weighted by atomic mass is 16.5. The minimum atomic E-state index is 0.544. The first-order chi connectivity index (χ1) is 10.7. The van der Waals surface area contributed by atoms with E-state index in [1.807, 2.05) is 24.3 Å². The number of methoxy groups -OCH3 is 1. The Labute approximate surface area is 130 Å². The molecular formula is C16H22N4O2. The lowest BCUT2D eigenvalue weighted by Gasteiger charge is -2.09. The fourth-order valence-electron chi connectivity index (χ4n) is 1.88. The van der Waals surface area contributed by atoms with Crippen LogP contribution in [-0.4, -0.2) is 38.3 Å². The van der Waals surface area contributed by atoms with Gasteiger partial charge in [-0.15, -0.1) is 0 Å². The van der Waals surface area contributed by atoms with Crippen molar-refractivity contribution in [3.63, 3.8) is 0 Å². The van der Waals surface area contributed by atoms with E-state index in [4.69, 9.17) is 9.15 Å². The van der Waals surface area contributed by atoms with Crippen molar-refractivity contribution in [2.24, 2.45) is 4.99 Å². The van der Waals surface area contributed by atoms with Crippen LogP contribution in [0.2, 0.25) is 0 Å². The van der Waals surface area contributed by atoms with Crippen molar-refractivity contribution in [3.8, 4) is 11.5 Å². The molecule has 0 saturated carbocycles. The number of benzene rings is 1. The largest absolute Gasteiger partial charge is 0.444 e. The maximum absolute atomic E-state index is 5.52. The number of aliphatic imine (C=N–C) groups is 1. The number of nitrogens with one attached hydrogen (secondary N) is 2. The van der Waals surface area contributed by atoms with Gasteiger partial charge < -0.3 is 19.8 Å². The second kappa shape index (κ2) is 8.19. The number of nitrogens with zero attached hydrogens (tertiary/aromatic N) is 2. The molecule has 0 aliphatic carbocycles. The monoisotopic (exact) mass is 302 g/mol. The van der Waals surface area contributed by atoms with Gasteiger partial charge in [0.1, 0.15) is 6.26 Å². The summed E-state index contributed by atoms with van der Waals surface area (Å²) in [4.78, 5) is 8.61. The Morgan fingerprint density at radius 2 is 2.05 bits per heavy atom. The van der Waals surface area contributed by atoms with Crippen molar-refractivity contribution in [3.05, 3.63) is 41.8 Å². The zero-order valence-corrected chi connectivity index (χ0v) is 13.2. The fourth-order valence-corrected chi connectivity index (χ4v) is 1.88. The Hall–Kier alpha value is -2.34. The molecule has 6 nitrogen and oxygen atoms in total. The zero-order chi connectivity index (χ0) is 15.8. The minimum absolute atomic E-state index is 0.544. The summed E-state index contributed by atoms with van der Waals surface area (Å²) in [5.41, 5.74) is 3.01. The Balaban J connectivity index is 1.90. The third-order valence-electron chi connectivity index (χ3n) is 3.11. The van der Waals surface area contributed by atoms with Crippen LogP contribution in [0.3, 0.4) is 0 Å². The number of aryl methyl sites for hydroxylation is 1. The van der Waals surface area contributed by atoms with E-state index >= 15 is 0 Å². The molecular weight excluding hydrogens is 280 g/mol. The van der Waals surface area contributed by atoms with Crippen molar-refractivity contribution >= 4 is 5.96 Å². The molecule has 2 N–H and O–H groups in total. The summed E-state index contributed by atoms with van der Waals surface area (Å²) in [5, 5.41) is 6.32. The predicted octanol–water partition coefficient (Wildman–Crippen LogP) is 1.96. The Morgan fingerprint density at radius 3 is 2.73 bits per heavy atom. The minimum Gasteiger partial charge on any atom is -0.444 e. The van der Waals surface area contributed by atoms with Gasteiger partial charge in [-0.05, 0) is 19.1 Å². The summed E-state index contributed by atoms with van der Waals surface area (Å²) in [6.45, 7) is 3.92. The molecule has 2 aromatic rings. The molecule has 1 aromatic heterocycles.